The van der Waals surface area contributed by atoms with Crippen molar-refractivity contribution in [2.45, 2.75) is 25.6 Å². The number of halogens is 3. The van der Waals surface area contributed by atoms with Crippen molar-refractivity contribution in [3.8, 4) is 11.1 Å². The van der Waals surface area contributed by atoms with E-state index in [9.17, 15) is 18.0 Å². The summed E-state index contributed by atoms with van der Waals surface area (Å²) in [5.41, 5.74) is 1.30. The Balaban J connectivity index is 1.46. The fraction of sp³-hybridized carbons (Fsp3) is 0.292. The van der Waals surface area contributed by atoms with Crippen LogP contribution in [0.1, 0.15) is 29.3 Å². The van der Waals surface area contributed by atoms with Crippen molar-refractivity contribution in [2.75, 3.05) is 24.5 Å². The van der Waals surface area contributed by atoms with Crippen LogP contribution in [0.5, 0.6) is 0 Å². The molecule has 1 aromatic heterocycles. The van der Waals surface area contributed by atoms with Crippen LogP contribution in [0.4, 0.5) is 19.1 Å². The molecule has 1 aliphatic heterocycles. The molecular formula is C24H23F3N4O. The number of piperazine rings is 1. The first-order chi connectivity index (χ1) is 15.4. The summed E-state index contributed by atoms with van der Waals surface area (Å²) in [6, 6.07) is 13.8. The van der Waals surface area contributed by atoms with E-state index >= 15 is 0 Å². The van der Waals surface area contributed by atoms with Crippen molar-refractivity contribution in [3.63, 3.8) is 0 Å². The van der Waals surface area contributed by atoms with E-state index in [1.807, 2.05) is 11.8 Å². The number of aromatic nitrogens is 2. The molecule has 1 atom stereocenters. The Kier molecular flexibility index (Phi) is 6.12. The first kappa shape index (κ1) is 21.8. The second-order valence-corrected chi connectivity index (χ2v) is 7.71. The lowest BCUT2D eigenvalue weighted by Crippen LogP contribution is -2.55. The molecule has 0 N–H and O–H groups in total. The molecule has 1 fully saturated rings. The van der Waals surface area contributed by atoms with Gasteiger partial charge in [-0.2, -0.15) is 13.2 Å². The summed E-state index contributed by atoms with van der Waals surface area (Å²) >= 11 is 0. The van der Waals surface area contributed by atoms with Gasteiger partial charge in [0.1, 0.15) is 0 Å². The molecule has 0 spiro atoms. The second kappa shape index (κ2) is 8.98. The second-order valence-electron chi connectivity index (χ2n) is 7.71. The zero-order valence-electron chi connectivity index (χ0n) is 17.6. The van der Waals surface area contributed by atoms with Gasteiger partial charge in [-0.3, -0.25) is 4.79 Å². The molecule has 2 aromatic carbocycles. The smallest absolute Gasteiger partial charge is 0.337 e. The molecule has 1 unspecified atom stereocenters. The van der Waals surface area contributed by atoms with Gasteiger partial charge in [0.2, 0.25) is 5.95 Å². The van der Waals surface area contributed by atoms with Crippen LogP contribution in [-0.4, -0.2) is 46.5 Å². The van der Waals surface area contributed by atoms with Crippen molar-refractivity contribution in [3.05, 3.63) is 78.1 Å². The summed E-state index contributed by atoms with van der Waals surface area (Å²) in [5.74, 6) is 0.614. The highest BCUT2D eigenvalue weighted by Crippen LogP contribution is 2.31. The van der Waals surface area contributed by atoms with Crippen molar-refractivity contribution >= 4 is 11.9 Å². The monoisotopic (exact) mass is 440 g/mol. The van der Waals surface area contributed by atoms with Gasteiger partial charge in [-0.1, -0.05) is 31.2 Å². The highest BCUT2D eigenvalue weighted by molar-refractivity contribution is 5.95. The van der Waals surface area contributed by atoms with E-state index in [1.165, 1.54) is 12.1 Å². The summed E-state index contributed by atoms with van der Waals surface area (Å²) in [6.45, 7) is 3.93. The van der Waals surface area contributed by atoms with Crippen molar-refractivity contribution in [1.29, 1.82) is 0 Å². The largest absolute Gasteiger partial charge is 0.416 e. The molecule has 1 aliphatic rings. The number of nitrogens with zero attached hydrogens (tertiary/aromatic N) is 4. The third-order valence-electron chi connectivity index (χ3n) is 5.73. The number of carbonyl (C=O) groups is 1. The molecule has 0 bridgehead atoms. The van der Waals surface area contributed by atoms with Gasteiger partial charge < -0.3 is 9.80 Å². The molecule has 2 heterocycles. The summed E-state index contributed by atoms with van der Waals surface area (Å²) in [7, 11) is 0. The number of benzene rings is 2. The fourth-order valence-corrected chi connectivity index (χ4v) is 3.93. The predicted octanol–water partition coefficient (Wildman–Crippen LogP) is 4.90. The van der Waals surface area contributed by atoms with Gasteiger partial charge >= 0.3 is 6.18 Å². The van der Waals surface area contributed by atoms with E-state index in [-0.39, 0.29) is 11.9 Å². The van der Waals surface area contributed by atoms with Crippen LogP contribution < -0.4 is 4.90 Å². The van der Waals surface area contributed by atoms with Gasteiger partial charge in [-0.05, 0) is 47.9 Å². The molecule has 1 saturated heterocycles. The first-order valence-corrected chi connectivity index (χ1v) is 10.5. The molecule has 4 rings (SSSR count). The van der Waals surface area contributed by atoms with Crippen LogP contribution in [0, 0.1) is 0 Å². The van der Waals surface area contributed by atoms with Gasteiger partial charge in [0.25, 0.3) is 5.91 Å². The van der Waals surface area contributed by atoms with Gasteiger partial charge in [-0.15, -0.1) is 0 Å². The minimum absolute atomic E-state index is 0.0367. The maximum absolute atomic E-state index is 13.2. The summed E-state index contributed by atoms with van der Waals surface area (Å²) in [6.07, 6.45) is -0.141. The third kappa shape index (κ3) is 4.59. The number of rotatable bonds is 4. The summed E-state index contributed by atoms with van der Waals surface area (Å²) < 4.78 is 38.3. The minimum Gasteiger partial charge on any atom is -0.337 e. The summed E-state index contributed by atoms with van der Waals surface area (Å²) in [4.78, 5) is 25.7. The van der Waals surface area contributed by atoms with E-state index in [0.29, 0.717) is 36.7 Å². The number of amides is 1. The molecule has 0 aliphatic carbocycles. The van der Waals surface area contributed by atoms with Gasteiger partial charge in [0.05, 0.1) is 5.56 Å². The Hall–Kier alpha value is -3.42. The lowest BCUT2D eigenvalue weighted by molar-refractivity contribution is -0.137. The molecule has 166 valence electrons. The van der Waals surface area contributed by atoms with E-state index in [2.05, 4.69) is 14.9 Å². The SMILES string of the molecule is CCC1CN(c2ncccn2)CCN1C(=O)c1ccc(-c2ccc(C(F)(F)F)cc2)cc1. The lowest BCUT2D eigenvalue weighted by atomic mass is 10.0. The number of alkyl halides is 3. The van der Waals surface area contributed by atoms with E-state index < -0.39 is 11.7 Å². The standard InChI is InChI=1S/C24H23F3N4O/c1-2-21-16-30(23-28-12-3-13-29-23)14-15-31(21)22(32)19-6-4-17(5-7-19)18-8-10-20(11-9-18)24(25,26)27/h3-13,21H,2,14-16H2,1H3. The van der Waals surface area contributed by atoms with E-state index in [1.54, 1.807) is 42.7 Å². The lowest BCUT2D eigenvalue weighted by Gasteiger charge is -2.41. The molecule has 8 heteroatoms. The maximum atomic E-state index is 13.2. The molecule has 5 nitrogen and oxygen atoms in total. The average molecular weight is 440 g/mol. The van der Waals surface area contributed by atoms with Crippen LogP contribution in [0.15, 0.2) is 67.0 Å². The Morgan fingerprint density at radius 3 is 2.12 bits per heavy atom. The van der Waals surface area contributed by atoms with Crippen molar-refractivity contribution in [1.82, 2.24) is 14.9 Å². The number of carbonyl (C=O) groups excluding carboxylic acids is 1. The molecule has 32 heavy (non-hydrogen) atoms. The molecule has 1 amide bonds. The average Bonchev–Trinajstić information content (AvgIpc) is 2.83. The van der Waals surface area contributed by atoms with Crippen LogP contribution >= 0.6 is 0 Å². The quantitative estimate of drug-likeness (QED) is 0.579. The zero-order chi connectivity index (χ0) is 22.7. The Morgan fingerprint density at radius 2 is 1.56 bits per heavy atom. The van der Waals surface area contributed by atoms with Crippen molar-refractivity contribution < 1.29 is 18.0 Å². The molecule has 0 radical (unpaired) electrons. The topological polar surface area (TPSA) is 49.3 Å². The Morgan fingerprint density at radius 1 is 0.969 bits per heavy atom. The predicted molar refractivity (Wildman–Crippen MR) is 116 cm³/mol. The highest BCUT2D eigenvalue weighted by Gasteiger charge is 2.31. The van der Waals surface area contributed by atoms with Crippen LogP contribution in [-0.2, 0) is 6.18 Å². The molecular weight excluding hydrogens is 417 g/mol. The third-order valence-corrected chi connectivity index (χ3v) is 5.73. The number of hydrogen-bond acceptors (Lipinski definition) is 4. The van der Waals surface area contributed by atoms with Crippen LogP contribution in [0.2, 0.25) is 0 Å². The fourth-order valence-electron chi connectivity index (χ4n) is 3.93. The minimum atomic E-state index is -4.36. The molecule has 0 saturated carbocycles. The normalized spacial score (nSPS) is 16.8. The van der Waals surface area contributed by atoms with Gasteiger partial charge in [-0.25, -0.2) is 9.97 Å². The van der Waals surface area contributed by atoms with Crippen molar-refractivity contribution in [2.24, 2.45) is 0 Å². The van der Waals surface area contributed by atoms with E-state index in [0.717, 1.165) is 24.1 Å². The number of anilines is 1. The Bertz CT molecular complexity index is 1050. The zero-order valence-corrected chi connectivity index (χ0v) is 17.6. The first-order valence-electron chi connectivity index (χ1n) is 10.5. The molecule has 3 aromatic rings. The maximum Gasteiger partial charge on any atom is 0.416 e. The van der Waals surface area contributed by atoms with Crippen LogP contribution in [0.25, 0.3) is 11.1 Å². The Labute approximate surface area is 184 Å². The highest BCUT2D eigenvalue weighted by atomic mass is 19.4. The summed E-state index contributed by atoms with van der Waals surface area (Å²) in [5, 5.41) is 0. The number of hydrogen-bond donors (Lipinski definition) is 0. The van der Waals surface area contributed by atoms with E-state index in [4.69, 9.17) is 0 Å². The van der Waals surface area contributed by atoms with Gasteiger partial charge in [0, 0.05) is 43.6 Å². The van der Waals surface area contributed by atoms with Crippen LogP contribution in [0.3, 0.4) is 0 Å². The van der Waals surface area contributed by atoms with Gasteiger partial charge in [0.15, 0.2) is 0 Å².